The fourth-order valence-corrected chi connectivity index (χ4v) is 3.49. The summed E-state index contributed by atoms with van der Waals surface area (Å²) < 4.78 is 42.9. The van der Waals surface area contributed by atoms with Crippen molar-refractivity contribution in [2.75, 3.05) is 23.8 Å². The zero-order valence-electron chi connectivity index (χ0n) is 13.9. The maximum absolute atomic E-state index is 14.6. The third kappa shape index (κ3) is 2.54. The number of nitrogen functional groups attached to an aromatic ring is 1. The predicted molar refractivity (Wildman–Crippen MR) is 94.9 cm³/mol. The molecule has 3 heterocycles. The minimum atomic E-state index is -1.22. The number of nitrogens with two attached hydrogens (primary N) is 1. The molecule has 4 rings (SSSR count). The van der Waals surface area contributed by atoms with Crippen LogP contribution in [-0.4, -0.2) is 38.5 Å². The maximum atomic E-state index is 14.6. The molecular weight excluding hydrogens is 403 g/mol. The van der Waals surface area contributed by atoms with Crippen LogP contribution in [0.2, 0.25) is 5.02 Å². The quantitative estimate of drug-likeness (QED) is 0.593. The second kappa shape index (κ2) is 6.24. The normalized spacial score (nSPS) is 14.5. The molecule has 1 aliphatic rings. The second-order valence-corrected chi connectivity index (χ2v) is 6.61. The van der Waals surface area contributed by atoms with E-state index >= 15 is 0 Å². The molecule has 1 saturated heterocycles. The van der Waals surface area contributed by atoms with Crippen molar-refractivity contribution in [2.24, 2.45) is 0 Å². The van der Waals surface area contributed by atoms with Crippen molar-refractivity contribution in [3.63, 3.8) is 0 Å². The molecule has 1 aliphatic heterocycles. The van der Waals surface area contributed by atoms with Crippen LogP contribution in [0.15, 0.2) is 27.9 Å². The summed E-state index contributed by atoms with van der Waals surface area (Å²) in [4.78, 5) is 29.9. The smallest absolute Gasteiger partial charge is 0.356 e. The minimum Gasteiger partial charge on any atom is -0.389 e. The minimum absolute atomic E-state index is 0.0729. The number of hydrogen-bond donors (Lipinski definition) is 2. The van der Waals surface area contributed by atoms with E-state index in [-0.39, 0.29) is 34.0 Å². The number of aromatic nitrogens is 3. The lowest BCUT2D eigenvalue weighted by molar-refractivity contribution is 0.141. The summed E-state index contributed by atoms with van der Waals surface area (Å²) in [5, 5.41) is 8.69. The molecule has 1 aromatic carbocycles. The molecule has 0 bridgehead atoms. The van der Waals surface area contributed by atoms with Crippen molar-refractivity contribution in [3.05, 3.63) is 61.6 Å². The number of β-amino-alcohol motifs (C(OH)–C–C–N with tert-alkyl or cyclic N) is 1. The van der Waals surface area contributed by atoms with Crippen LogP contribution in [0.5, 0.6) is 0 Å². The Hall–Kier alpha value is -3.05. The molecule has 12 heteroatoms. The van der Waals surface area contributed by atoms with Crippen molar-refractivity contribution >= 4 is 28.2 Å². The summed E-state index contributed by atoms with van der Waals surface area (Å²) in [5.74, 6) is 1.69. The van der Waals surface area contributed by atoms with E-state index in [0.29, 0.717) is 16.8 Å². The number of aliphatic hydroxyl groups is 1. The predicted octanol–water partition coefficient (Wildman–Crippen LogP) is 0.513. The fraction of sp³-hybridized carbons (Fsp3) is 0.188. The molecule has 0 aliphatic carbocycles. The van der Waals surface area contributed by atoms with Gasteiger partial charge in [-0.3, -0.25) is 4.79 Å². The number of fused-ring (bicyclic) bond motifs is 1. The first-order valence-electron chi connectivity index (χ1n) is 7.90. The molecule has 0 spiro atoms. The van der Waals surface area contributed by atoms with Crippen LogP contribution in [0.4, 0.5) is 18.9 Å². The van der Waals surface area contributed by atoms with Gasteiger partial charge in [0.2, 0.25) is 0 Å². The van der Waals surface area contributed by atoms with Crippen molar-refractivity contribution in [2.45, 2.75) is 6.10 Å². The van der Waals surface area contributed by atoms with Gasteiger partial charge in [0, 0.05) is 19.2 Å². The van der Waals surface area contributed by atoms with Gasteiger partial charge in [0.15, 0.2) is 11.6 Å². The van der Waals surface area contributed by atoms with E-state index in [1.165, 1.54) is 4.90 Å². The van der Waals surface area contributed by atoms with E-state index < -0.39 is 46.0 Å². The van der Waals surface area contributed by atoms with E-state index in [0.717, 1.165) is 6.07 Å². The highest BCUT2D eigenvalue weighted by molar-refractivity contribution is 6.38. The Morgan fingerprint density at radius 1 is 1.18 bits per heavy atom. The van der Waals surface area contributed by atoms with Gasteiger partial charge in [0.05, 0.1) is 33.9 Å². The zero-order chi connectivity index (χ0) is 20.3. The molecule has 146 valence electrons. The lowest BCUT2D eigenvalue weighted by Gasteiger charge is -2.38. The van der Waals surface area contributed by atoms with Gasteiger partial charge in [0.1, 0.15) is 11.6 Å². The highest BCUT2D eigenvalue weighted by Crippen LogP contribution is 2.37. The number of pyridine rings is 1. The number of aliphatic hydroxyl groups excluding tert-OH is 1. The van der Waals surface area contributed by atoms with Crippen molar-refractivity contribution in [3.8, 4) is 5.82 Å². The van der Waals surface area contributed by atoms with Gasteiger partial charge in [-0.25, -0.2) is 27.5 Å². The molecule has 1 fully saturated rings. The molecule has 0 atom stereocenters. The monoisotopic (exact) mass is 413 g/mol. The first-order chi connectivity index (χ1) is 13.2. The Labute approximate surface area is 158 Å². The van der Waals surface area contributed by atoms with Crippen LogP contribution in [0.1, 0.15) is 0 Å². The first-order valence-corrected chi connectivity index (χ1v) is 8.27. The Morgan fingerprint density at radius 2 is 1.86 bits per heavy atom. The molecule has 3 aromatic rings. The Bertz CT molecular complexity index is 1250. The number of benzene rings is 1. The Kier molecular flexibility index (Phi) is 4.08. The van der Waals surface area contributed by atoms with Gasteiger partial charge >= 0.3 is 5.69 Å². The molecule has 0 unspecified atom stereocenters. The molecule has 0 saturated carbocycles. The fourth-order valence-electron chi connectivity index (χ4n) is 3.10. The Balaban J connectivity index is 2.16. The lowest BCUT2D eigenvalue weighted by Crippen LogP contribution is -2.51. The van der Waals surface area contributed by atoms with E-state index in [1.54, 1.807) is 0 Å². The average molecular weight is 414 g/mol. The third-order valence-electron chi connectivity index (χ3n) is 4.42. The molecule has 0 radical (unpaired) electrons. The summed E-state index contributed by atoms with van der Waals surface area (Å²) in [6.07, 6.45) is -0.0335. The maximum Gasteiger partial charge on any atom is 0.356 e. The molecule has 3 N–H and O–H groups in total. The van der Waals surface area contributed by atoms with Crippen molar-refractivity contribution in [1.82, 2.24) is 14.2 Å². The van der Waals surface area contributed by atoms with Gasteiger partial charge in [0.25, 0.3) is 5.56 Å². The molecular formula is C16H11ClF3N5O3. The van der Waals surface area contributed by atoms with E-state index in [2.05, 4.69) is 4.98 Å². The van der Waals surface area contributed by atoms with Crippen LogP contribution in [0.3, 0.4) is 0 Å². The van der Waals surface area contributed by atoms with E-state index in [4.69, 9.17) is 17.4 Å². The van der Waals surface area contributed by atoms with Crippen LogP contribution < -0.4 is 22.0 Å². The number of anilines is 1. The standard InChI is InChI=1S/C16H11ClF3N5O3/c17-11-12-8(2-9(19)13(11)23-4-7(26)5-23)15(27)25(21)16(28)24(12)14-10(20)1-6(18)3-22-14/h1-3,7,26H,4-5,21H2. The SMILES string of the molecule is Nn1c(=O)c2cc(F)c(N3CC(O)C3)c(Cl)c2n(-c2ncc(F)cc2F)c1=O. The number of halogens is 4. The topological polar surface area (TPSA) is 106 Å². The zero-order valence-corrected chi connectivity index (χ0v) is 14.6. The van der Waals surface area contributed by atoms with Crippen LogP contribution in [0, 0.1) is 17.5 Å². The van der Waals surface area contributed by atoms with Gasteiger partial charge in [-0.05, 0) is 6.07 Å². The molecule has 8 nitrogen and oxygen atoms in total. The van der Waals surface area contributed by atoms with Crippen molar-refractivity contribution in [1.29, 1.82) is 0 Å². The summed E-state index contributed by atoms with van der Waals surface area (Å²) in [7, 11) is 0. The molecule has 28 heavy (non-hydrogen) atoms. The van der Waals surface area contributed by atoms with Gasteiger partial charge < -0.3 is 15.8 Å². The second-order valence-electron chi connectivity index (χ2n) is 6.23. The third-order valence-corrected chi connectivity index (χ3v) is 4.78. The summed E-state index contributed by atoms with van der Waals surface area (Å²) in [5.41, 5.74) is -2.79. The highest BCUT2D eigenvalue weighted by atomic mass is 35.5. The van der Waals surface area contributed by atoms with Crippen LogP contribution in [0.25, 0.3) is 16.7 Å². The first kappa shape index (κ1) is 18.3. The van der Waals surface area contributed by atoms with Gasteiger partial charge in [-0.1, -0.05) is 11.6 Å². The van der Waals surface area contributed by atoms with Crippen LogP contribution in [-0.2, 0) is 0 Å². The van der Waals surface area contributed by atoms with E-state index in [1.807, 2.05) is 0 Å². The van der Waals surface area contributed by atoms with Crippen LogP contribution >= 0.6 is 11.6 Å². The number of nitrogens with zero attached hydrogens (tertiary/aromatic N) is 4. The Morgan fingerprint density at radius 3 is 2.46 bits per heavy atom. The average Bonchev–Trinajstić information content (AvgIpc) is 2.60. The van der Waals surface area contributed by atoms with Crippen molar-refractivity contribution < 1.29 is 18.3 Å². The number of hydrogen-bond acceptors (Lipinski definition) is 6. The molecule has 2 aromatic heterocycles. The summed E-state index contributed by atoms with van der Waals surface area (Å²) >= 11 is 6.30. The summed E-state index contributed by atoms with van der Waals surface area (Å²) in [6.45, 7) is 0.146. The van der Waals surface area contributed by atoms with Gasteiger partial charge in [-0.15, -0.1) is 0 Å². The summed E-state index contributed by atoms with van der Waals surface area (Å²) in [6, 6.07) is 1.29. The highest BCUT2D eigenvalue weighted by Gasteiger charge is 2.31. The molecule has 0 amide bonds. The number of rotatable bonds is 2. The lowest BCUT2D eigenvalue weighted by atomic mass is 10.1. The largest absolute Gasteiger partial charge is 0.389 e. The van der Waals surface area contributed by atoms with Gasteiger partial charge in [-0.2, -0.15) is 4.68 Å². The van der Waals surface area contributed by atoms with E-state index in [9.17, 15) is 27.9 Å².